The zero-order chi connectivity index (χ0) is 11.4. The Morgan fingerprint density at radius 1 is 1.33 bits per heavy atom. The van der Waals surface area contributed by atoms with E-state index in [1.54, 1.807) is 14.1 Å². The number of nitrogens with one attached hydrogen (secondary N) is 1. The number of halogens is 1. The second kappa shape index (κ2) is 5.16. The van der Waals surface area contributed by atoms with Gasteiger partial charge in [0, 0.05) is 18.6 Å². The molecule has 0 fully saturated rings. The topological polar surface area (TPSA) is 32.3 Å². The molecule has 3 nitrogen and oxygen atoms in total. The molecule has 1 aromatic rings. The molecule has 4 heteroatoms. The molecule has 0 aromatic heterocycles. The van der Waals surface area contributed by atoms with Crippen LogP contribution in [0.5, 0.6) is 0 Å². The van der Waals surface area contributed by atoms with Gasteiger partial charge >= 0.3 is 6.03 Å². The highest BCUT2D eigenvalue weighted by molar-refractivity contribution is 9.10. The van der Waals surface area contributed by atoms with Crippen LogP contribution < -0.4 is 5.32 Å². The summed E-state index contributed by atoms with van der Waals surface area (Å²) in [6, 6.07) is 7.86. The average Bonchev–Trinajstić information content (AvgIpc) is 2.18. The summed E-state index contributed by atoms with van der Waals surface area (Å²) in [4.78, 5) is 12.9. The molecule has 1 atom stereocenters. The highest BCUT2D eigenvalue weighted by atomic mass is 79.9. The summed E-state index contributed by atoms with van der Waals surface area (Å²) in [5.41, 5.74) is 1.09. The van der Waals surface area contributed by atoms with Crippen molar-refractivity contribution in [2.45, 2.75) is 13.0 Å². The molecule has 0 unspecified atom stereocenters. The molecule has 0 saturated heterocycles. The first-order chi connectivity index (χ1) is 7.00. The van der Waals surface area contributed by atoms with E-state index < -0.39 is 0 Å². The lowest BCUT2D eigenvalue weighted by Gasteiger charge is -2.18. The number of hydrogen-bond donors (Lipinski definition) is 1. The summed E-state index contributed by atoms with van der Waals surface area (Å²) in [5.74, 6) is 0. The fraction of sp³-hybridized carbons (Fsp3) is 0.364. The summed E-state index contributed by atoms with van der Waals surface area (Å²) in [5, 5.41) is 2.89. The van der Waals surface area contributed by atoms with E-state index in [-0.39, 0.29) is 12.1 Å². The van der Waals surface area contributed by atoms with E-state index in [0.717, 1.165) is 10.0 Å². The molecule has 0 aliphatic heterocycles. The smallest absolute Gasteiger partial charge is 0.317 e. The largest absolute Gasteiger partial charge is 0.331 e. The van der Waals surface area contributed by atoms with Gasteiger partial charge in [0.15, 0.2) is 0 Å². The van der Waals surface area contributed by atoms with Crippen LogP contribution in [0.1, 0.15) is 18.5 Å². The van der Waals surface area contributed by atoms with Gasteiger partial charge < -0.3 is 10.2 Å². The minimum atomic E-state index is -0.0783. The Bertz CT molecular complexity index is 335. The Morgan fingerprint density at radius 3 is 2.33 bits per heavy atom. The van der Waals surface area contributed by atoms with Crippen LogP contribution in [-0.2, 0) is 0 Å². The predicted octanol–water partition coefficient (Wildman–Crippen LogP) is 2.78. The van der Waals surface area contributed by atoms with Gasteiger partial charge in [-0.3, -0.25) is 0 Å². The monoisotopic (exact) mass is 270 g/mol. The van der Waals surface area contributed by atoms with Crippen LogP contribution in [-0.4, -0.2) is 25.0 Å². The number of carbonyl (C=O) groups is 1. The fourth-order valence-electron chi connectivity index (χ4n) is 1.15. The van der Waals surface area contributed by atoms with Crippen molar-refractivity contribution in [1.29, 1.82) is 0 Å². The van der Waals surface area contributed by atoms with Gasteiger partial charge in [-0.05, 0) is 24.6 Å². The molecular weight excluding hydrogens is 256 g/mol. The lowest BCUT2D eigenvalue weighted by Crippen LogP contribution is -2.36. The second-order valence-corrected chi connectivity index (χ2v) is 4.53. The fourth-order valence-corrected chi connectivity index (χ4v) is 1.41. The summed E-state index contributed by atoms with van der Waals surface area (Å²) in [6.45, 7) is 1.96. The molecule has 0 radical (unpaired) electrons. The van der Waals surface area contributed by atoms with Crippen LogP contribution in [0.2, 0.25) is 0 Å². The minimum absolute atomic E-state index is 0.0213. The Morgan fingerprint density at radius 2 is 1.87 bits per heavy atom. The molecule has 1 N–H and O–H groups in total. The Hall–Kier alpha value is -1.03. The highest BCUT2D eigenvalue weighted by Crippen LogP contribution is 2.16. The average molecular weight is 271 g/mol. The number of carbonyl (C=O) groups excluding carboxylic acids is 1. The van der Waals surface area contributed by atoms with E-state index >= 15 is 0 Å². The summed E-state index contributed by atoms with van der Waals surface area (Å²) < 4.78 is 1.04. The zero-order valence-corrected chi connectivity index (χ0v) is 10.7. The van der Waals surface area contributed by atoms with Crippen molar-refractivity contribution in [3.8, 4) is 0 Å². The molecule has 0 spiro atoms. The minimum Gasteiger partial charge on any atom is -0.331 e. The summed E-state index contributed by atoms with van der Waals surface area (Å²) in [7, 11) is 3.45. The van der Waals surface area contributed by atoms with Crippen molar-refractivity contribution < 1.29 is 4.79 Å². The molecule has 0 aliphatic rings. The number of urea groups is 1. The standard InChI is InChI=1S/C11H15BrN2O/c1-8(13-11(15)14(2)3)9-4-6-10(12)7-5-9/h4-8H,1-3H3,(H,13,15)/t8-/m1/s1. The summed E-state index contributed by atoms with van der Waals surface area (Å²) in [6.07, 6.45) is 0. The number of benzene rings is 1. The van der Waals surface area contributed by atoms with Crippen LogP contribution in [0.4, 0.5) is 4.79 Å². The third-order valence-corrected chi connectivity index (χ3v) is 2.64. The molecular formula is C11H15BrN2O. The van der Waals surface area contributed by atoms with Gasteiger partial charge in [0.05, 0.1) is 6.04 Å². The van der Waals surface area contributed by atoms with Gasteiger partial charge in [-0.1, -0.05) is 28.1 Å². The van der Waals surface area contributed by atoms with Crippen LogP contribution >= 0.6 is 15.9 Å². The maximum atomic E-state index is 11.4. The number of nitrogens with zero attached hydrogens (tertiary/aromatic N) is 1. The third kappa shape index (κ3) is 3.55. The Kier molecular flexibility index (Phi) is 4.15. The van der Waals surface area contributed by atoms with Crippen molar-refractivity contribution >= 4 is 22.0 Å². The van der Waals surface area contributed by atoms with Gasteiger partial charge in [0.25, 0.3) is 0 Å². The molecule has 82 valence electrons. The second-order valence-electron chi connectivity index (χ2n) is 3.62. The van der Waals surface area contributed by atoms with Crippen molar-refractivity contribution in [1.82, 2.24) is 10.2 Å². The lowest BCUT2D eigenvalue weighted by atomic mass is 10.1. The van der Waals surface area contributed by atoms with Crippen molar-refractivity contribution in [3.05, 3.63) is 34.3 Å². The maximum absolute atomic E-state index is 11.4. The van der Waals surface area contributed by atoms with E-state index in [2.05, 4.69) is 21.2 Å². The SMILES string of the molecule is C[C@@H](NC(=O)N(C)C)c1ccc(Br)cc1. The maximum Gasteiger partial charge on any atom is 0.317 e. The van der Waals surface area contributed by atoms with Gasteiger partial charge in [-0.25, -0.2) is 4.79 Å². The molecule has 0 heterocycles. The van der Waals surface area contributed by atoms with Gasteiger partial charge in [0.1, 0.15) is 0 Å². The molecule has 0 aliphatic carbocycles. The highest BCUT2D eigenvalue weighted by Gasteiger charge is 2.09. The summed E-state index contributed by atoms with van der Waals surface area (Å²) >= 11 is 3.37. The predicted molar refractivity (Wildman–Crippen MR) is 64.8 cm³/mol. The van der Waals surface area contributed by atoms with Crippen LogP contribution in [0.25, 0.3) is 0 Å². The third-order valence-electron chi connectivity index (χ3n) is 2.12. The van der Waals surface area contributed by atoms with Gasteiger partial charge in [0.2, 0.25) is 0 Å². The van der Waals surface area contributed by atoms with E-state index in [0.29, 0.717) is 0 Å². The normalized spacial score (nSPS) is 12.0. The quantitative estimate of drug-likeness (QED) is 0.881. The molecule has 0 bridgehead atoms. The first-order valence-corrected chi connectivity index (χ1v) is 5.53. The number of rotatable bonds is 2. The first-order valence-electron chi connectivity index (χ1n) is 4.74. The zero-order valence-electron chi connectivity index (χ0n) is 9.12. The van der Waals surface area contributed by atoms with E-state index in [9.17, 15) is 4.79 Å². The van der Waals surface area contributed by atoms with Crippen molar-refractivity contribution in [2.24, 2.45) is 0 Å². The van der Waals surface area contributed by atoms with Crippen molar-refractivity contribution in [3.63, 3.8) is 0 Å². The van der Waals surface area contributed by atoms with Crippen LogP contribution in [0.15, 0.2) is 28.7 Å². The molecule has 0 saturated carbocycles. The first kappa shape index (κ1) is 12.0. The van der Waals surface area contributed by atoms with E-state index in [4.69, 9.17) is 0 Å². The van der Waals surface area contributed by atoms with E-state index in [1.807, 2.05) is 31.2 Å². The van der Waals surface area contributed by atoms with Gasteiger partial charge in [-0.15, -0.1) is 0 Å². The van der Waals surface area contributed by atoms with Gasteiger partial charge in [-0.2, -0.15) is 0 Å². The Balaban J connectivity index is 2.65. The number of hydrogen-bond acceptors (Lipinski definition) is 1. The lowest BCUT2D eigenvalue weighted by molar-refractivity contribution is 0.214. The molecule has 1 aromatic carbocycles. The van der Waals surface area contributed by atoms with E-state index in [1.165, 1.54) is 4.90 Å². The Labute approximate surface area is 98.6 Å². The molecule has 1 rings (SSSR count). The number of amides is 2. The van der Waals surface area contributed by atoms with Crippen LogP contribution in [0, 0.1) is 0 Å². The molecule has 2 amide bonds. The van der Waals surface area contributed by atoms with Crippen LogP contribution in [0.3, 0.4) is 0 Å². The van der Waals surface area contributed by atoms with Crippen molar-refractivity contribution in [2.75, 3.05) is 14.1 Å². The molecule has 15 heavy (non-hydrogen) atoms.